The molecule has 4 rings (SSSR count). The molecule has 2 aliphatic heterocycles. The molecule has 2 fully saturated rings. The molecule has 1 saturated heterocycles. The van der Waals surface area contributed by atoms with E-state index in [1.54, 1.807) is 38.1 Å². The van der Waals surface area contributed by atoms with E-state index in [-0.39, 0.29) is 43.9 Å². The largest absolute Gasteiger partial charge is 0.465 e. The number of benzene rings is 1. The third kappa shape index (κ3) is 2.92. The number of carbonyl (C=O) groups excluding carboxylic acids is 3. The number of hydrogen-bond donors (Lipinski definition) is 0. The first-order valence-electron chi connectivity index (χ1n) is 10.3. The van der Waals surface area contributed by atoms with Gasteiger partial charge < -0.3 is 14.2 Å². The van der Waals surface area contributed by atoms with E-state index >= 15 is 0 Å². The maximum Gasteiger partial charge on any atom is 0.323 e. The minimum Gasteiger partial charge on any atom is -0.465 e. The molecule has 0 N–H and O–H groups in total. The Kier molecular flexibility index (Phi) is 5.07. The summed E-state index contributed by atoms with van der Waals surface area (Å²) >= 11 is 0. The molecule has 6 nitrogen and oxygen atoms in total. The molecule has 2 bridgehead atoms. The monoisotopic (exact) mass is 398 g/mol. The standard InChI is InChI=1S/C23H26O6/c1-3-27-20(25)22(21(26)28-4-2)14-16-12-17-10-11-23(16,29-17)19(22)13-18(24)15-8-6-5-7-9-15/h5-11,16-17,19H,3-4,12-14H2,1-2H3/t16-,17+,19+,23-/m0/s1. The summed E-state index contributed by atoms with van der Waals surface area (Å²) in [5.41, 5.74) is -1.81. The summed E-state index contributed by atoms with van der Waals surface area (Å²) in [5, 5.41) is 0. The Bertz CT molecular complexity index is 826. The molecule has 0 unspecified atom stereocenters. The normalized spacial score (nSPS) is 30.8. The highest BCUT2D eigenvalue weighted by atomic mass is 16.6. The maximum atomic E-state index is 13.2. The van der Waals surface area contributed by atoms with Crippen molar-refractivity contribution in [2.75, 3.05) is 13.2 Å². The SMILES string of the molecule is CCOC(=O)C1(C(=O)OCC)C[C@@H]2C[C@H]3C=C[C@@]2(O3)[C@@H]1CC(=O)c1ccccc1. The van der Waals surface area contributed by atoms with Gasteiger partial charge in [0.05, 0.1) is 24.9 Å². The van der Waals surface area contributed by atoms with E-state index in [2.05, 4.69) is 0 Å². The minimum absolute atomic E-state index is 0.00913. The summed E-state index contributed by atoms with van der Waals surface area (Å²) in [7, 11) is 0. The highest BCUT2D eigenvalue weighted by Crippen LogP contribution is 2.64. The molecule has 1 aromatic rings. The fraction of sp³-hybridized carbons (Fsp3) is 0.522. The first-order valence-corrected chi connectivity index (χ1v) is 10.3. The van der Waals surface area contributed by atoms with Gasteiger partial charge in [0, 0.05) is 17.9 Å². The second-order valence-electron chi connectivity index (χ2n) is 7.96. The highest BCUT2D eigenvalue weighted by Gasteiger charge is 2.73. The van der Waals surface area contributed by atoms with E-state index in [1.807, 2.05) is 18.2 Å². The van der Waals surface area contributed by atoms with Crippen LogP contribution in [0.4, 0.5) is 0 Å². The smallest absolute Gasteiger partial charge is 0.323 e. The molecule has 2 heterocycles. The van der Waals surface area contributed by atoms with Crippen LogP contribution < -0.4 is 0 Å². The second-order valence-corrected chi connectivity index (χ2v) is 7.96. The van der Waals surface area contributed by atoms with Crippen LogP contribution in [0.3, 0.4) is 0 Å². The Morgan fingerprint density at radius 3 is 2.31 bits per heavy atom. The number of ketones is 1. The lowest BCUT2D eigenvalue weighted by atomic mass is 9.70. The molecular weight excluding hydrogens is 372 g/mol. The van der Waals surface area contributed by atoms with Gasteiger partial charge >= 0.3 is 11.9 Å². The Morgan fingerprint density at radius 1 is 1.07 bits per heavy atom. The number of ether oxygens (including phenoxy) is 3. The van der Waals surface area contributed by atoms with E-state index in [1.165, 1.54) is 0 Å². The molecule has 4 atom stereocenters. The van der Waals surface area contributed by atoms with Gasteiger partial charge in [0.15, 0.2) is 11.2 Å². The van der Waals surface area contributed by atoms with E-state index in [4.69, 9.17) is 14.2 Å². The zero-order valence-electron chi connectivity index (χ0n) is 16.8. The summed E-state index contributed by atoms with van der Waals surface area (Å²) in [6.45, 7) is 3.71. The van der Waals surface area contributed by atoms with Crippen molar-refractivity contribution in [1.29, 1.82) is 0 Å². The maximum absolute atomic E-state index is 13.2. The van der Waals surface area contributed by atoms with Gasteiger partial charge in [-0.1, -0.05) is 42.5 Å². The van der Waals surface area contributed by atoms with Crippen LogP contribution in [0.25, 0.3) is 0 Å². The quantitative estimate of drug-likeness (QED) is 0.304. The molecule has 29 heavy (non-hydrogen) atoms. The molecule has 1 saturated carbocycles. The van der Waals surface area contributed by atoms with Crippen LogP contribution in [-0.2, 0) is 23.8 Å². The molecule has 0 amide bonds. The highest BCUT2D eigenvalue weighted by molar-refractivity contribution is 6.03. The van der Waals surface area contributed by atoms with Crippen LogP contribution in [0.15, 0.2) is 42.5 Å². The molecule has 154 valence electrons. The van der Waals surface area contributed by atoms with Crippen molar-refractivity contribution < 1.29 is 28.6 Å². The van der Waals surface area contributed by atoms with E-state index in [0.717, 1.165) is 6.42 Å². The van der Waals surface area contributed by atoms with Crippen molar-refractivity contribution in [3.8, 4) is 0 Å². The average Bonchev–Trinajstić information content (AvgIpc) is 3.37. The molecule has 1 aromatic carbocycles. The fourth-order valence-corrected chi connectivity index (χ4v) is 5.38. The second kappa shape index (κ2) is 7.41. The lowest BCUT2D eigenvalue weighted by Crippen LogP contribution is -2.50. The number of carbonyl (C=O) groups is 3. The lowest BCUT2D eigenvalue weighted by Gasteiger charge is -2.36. The Balaban J connectivity index is 1.78. The summed E-state index contributed by atoms with van der Waals surface area (Å²) in [6, 6.07) is 8.92. The van der Waals surface area contributed by atoms with Crippen LogP contribution in [0, 0.1) is 17.3 Å². The Morgan fingerprint density at radius 2 is 1.72 bits per heavy atom. The van der Waals surface area contributed by atoms with Crippen LogP contribution >= 0.6 is 0 Å². The van der Waals surface area contributed by atoms with Crippen molar-refractivity contribution in [2.24, 2.45) is 17.3 Å². The first-order chi connectivity index (χ1) is 14.0. The van der Waals surface area contributed by atoms with Gasteiger partial charge in [0.25, 0.3) is 0 Å². The Labute approximate surface area is 170 Å². The number of Topliss-reactive ketones (excluding diaryl/α,β-unsaturated/α-hetero) is 1. The molecule has 0 radical (unpaired) electrons. The summed E-state index contributed by atoms with van der Waals surface area (Å²) in [6.07, 6.45) is 4.91. The summed E-state index contributed by atoms with van der Waals surface area (Å²) < 4.78 is 17.0. The molecule has 1 spiro atoms. The third-order valence-corrected chi connectivity index (χ3v) is 6.55. The fourth-order valence-electron chi connectivity index (χ4n) is 5.38. The van der Waals surface area contributed by atoms with Crippen molar-refractivity contribution in [1.82, 2.24) is 0 Å². The topological polar surface area (TPSA) is 78.9 Å². The first kappa shape index (κ1) is 19.8. The van der Waals surface area contributed by atoms with Crippen LogP contribution in [0.5, 0.6) is 0 Å². The summed E-state index contributed by atoms with van der Waals surface area (Å²) in [4.78, 5) is 39.5. The number of hydrogen-bond acceptors (Lipinski definition) is 6. The molecule has 0 aromatic heterocycles. The van der Waals surface area contributed by atoms with Gasteiger partial charge in [0.2, 0.25) is 0 Å². The zero-order chi connectivity index (χ0) is 20.6. The Hall–Kier alpha value is -2.47. The van der Waals surface area contributed by atoms with E-state index in [9.17, 15) is 14.4 Å². The van der Waals surface area contributed by atoms with Gasteiger partial charge in [-0.15, -0.1) is 0 Å². The predicted octanol–water partition coefficient (Wildman–Crippen LogP) is 3.11. The number of esters is 2. The van der Waals surface area contributed by atoms with Crippen LogP contribution in [0.1, 0.15) is 43.5 Å². The predicted molar refractivity (Wildman–Crippen MR) is 104 cm³/mol. The number of rotatable bonds is 7. The van der Waals surface area contributed by atoms with Crippen LogP contribution in [-0.4, -0.2) is 42.6 Å². The average molecular weight is 398 g/mol. The van der Waals surface area contributed by atoms with Gasteiger partial charge in [0.1, 0.15) is 0 Å². The molecule has 3 aliphatic rings. The van der Waals surface area contributed by atoms with Crippen molar-refractivity contribution in [3.63, 3.8) is 0 Å². The zero-order valence-corrected chi connectivity index (χ0v) is 16.8. The van der Waals surface area contributed by atoms with Gasteiger partial charge in [-0.25, -0.2) is 0 Å². The van der Waals surface area contributed by atoms with E-state index in [0.29, 0.717) is 5.56 Å². The number of fused-ring (bicyclic) bond motifs is 1. The molecular formula is C23H26O6. The van der Waals surface area contributed by atoms with Crippen LogP contribution in [0.2, 0.25) is 0 Å². The molecule has 6 heteroatoms. The lowest BCUT2D eigenvalue weighted by molar-refractivity contribution is -0.179. The van der Waals surface area contributed by atoms with Gasteiger partial charge in [-0.2, -0.15) is 0 Å². The summed E-state index contributed by atoms with van der Waals surface area (Å²) in [5.74, 6) is -2.06. The van der Waals surface area contributed by atoms with Crippen molar-refractivity contribution in [3.05, 3.63) is 48.0 Å². The van der Waals surface area contributed by atoms with E-state index < -0.39 is 28.9 Å². The van der Waals surface area contributed by atoms with Crippen molar-refractivity contribution >= 4 is 17.7 Å². The third-order valence-electron chi connectivity index (χ3n) is 6.55. The molecule has 1 aliphatic carbocycles. The minimum atomic E-state index is -1.54. The van der Waals surface area contributed by atoms with Gasteiger partial charge in [-0.3, -0.25) is 14.4 Å². The van der Waals surface area contributed by atoms with Gasteiger partial charge in [-0.05, 0) is 32.6 Å². The van der Waals surface area contributed by atoms with Crippen molar-refractivity contribution in [2.45, 2.75) is 44.8 Å².